The molecule has 4 rings (SSSR count). The lowest BCUT2D eigenvalue weighted by Gasteiger charge is -2.31. The fourth-order valence-corrected chi connectivity index (χ4v) is 3.23. The van der Waals surface area contributed by atoms with E-state index in [1.807, 2.05) is 31.0 Å². The summed E-state index contributed by atoms with van der Waals surface area (Å²) in [7, 11) is 0. The van der Waals surface area contributed by atoms with E-state index in [-0.39, 0.29) is 11.8 Å². The second-order valence-electron chi connectivity index (χ2n) is 6.39. The first-order chi connectivity index (χ1) is 12.2. The van der Waals surface area contributed by atoms with E-state index < -0.39 is 0 Å². The second kappa shape index (κ2) is 6.27. The van der Waals surface area contributed by atoms with E-state index in [0.717, 1.165) is 31.5 Å². The number of carbonyl (C=O) groups is 1. The van der Waals surface area contributed by atoms with Gasteiger partial charge < -0.3 is 9.42 Å². The standard InChI is InChI=1S/C17H20N6O2/c1-3-14-20-15(21-25-14)12-5-4-7-22(10-12)17(24)13-9-18-23-8-6-11(2)19-16(13)23/h6,8-9,12H,3-5,7,10H2,1-2H3. The summed E-state index contributed by atoms with van der Waals surface area (Å²) in [6, 6.07) is 1.87. The van der Waals surface area contributed by atoms with E-state index in [1.165, 1.54) is 0 Å². The summed E-state index contributed by atoms with van der Waals surface area (Å²) in [5, 5.41) is 8.31. The molecule has 1 unspecified atom stereocenters. The minimum atomic E-state index is -0.0444. The van der Waals surface area contributed by atoms with Crippen molar-refractivity contribution in [2.24, 2.45) is 0 Å². The number of likely N-dealkylation sites (tertiary alicyclic amines) is 1. The van der Waals surface area contributed by atoms with Gasteiger partial charge in [-0.1, -0.05) is 12.1 Å². The van der Waals surface area contributed by atoms with E-state index >= 15 is 0 Å². The summed E-state index contributed by atoms with van der Waals surface area (Å²) in [6.07, 6.45) is 6.00. The molecular formula is C17H20N6O2. The van der Waals surface area contributed by atoms with E-state index in [1.54, 1.807) is 10.7 Å². The monoisotopic (exact) mass is 340 g/mol. The van der Waals surface area contributed by atoms with Gasteiger partial charge in [0.1, 0.15) is 5.56 Å². The molecule has 1 amide bonds. The molecule has 1 aliphatic heterocycles. The van der Waals surface area contributed by atoms with Crippen molar-refractivity contribution in [2.75, 3.05) is 13.1 Å². The van der Waals surface area contributed by atoms with Gasteiger partial charge in [-0.05, 0) is 25.8 Å². The van der Waals surface area contributed by atoms with Gasteiger partial charge in [0.05, 0.1) is 6.20 Å². The van der Waals surface area contributed by atoms with Crippen LogP contribution >= 0.6 is 0 Å². The van der Waals surface area contributed by atoms with Crippen molar-refractivity contribution >= 4 is 11.6 Å². The fourth-order valence-electron chi connectivity index (χ4n) is 3.23. The predicted molar refractivity (Wildman–Crippen MR) is 89.3 cm³/mol. The summed E-state index contributed by atoms with van der Waals surface area (Å²) < 4.78 is 6.85. The third-order valence-corrected chi connectivity index (χ3v) is 4.60. The molecule has 3 aromatic heterocycles. The molecular weight excluding hydrogens is 320 g/mol. The van der Waals surface area contributed by atoms with Crippen LogP contribution in [0.5, 0.6) is 0 Å². The van der Waals surface area contributed by atoms with Gasteiger partial charge in [0.15, 0.2) is 11.5 Å². The molecule has 25 heavy (non-hydrogen) atoms. The molecule has 1 fully saturated rings. The van der Waals surface area contributed by atoms with Crippen molar-refractivity contribution in [2.45, 2.75) is 39.0 Å². The van der Waals surface area contributed by atoms with Crippen LogP contribution in [0.25, 0.3) is 5.65 Å². The molecule has 4 heterocycles. The van der Waals surface area contributed by atoms with Crippen LogP contribution in [0, 0.1) is 6.92 Å². The maximum absolute atomic E-state index is 13.0. The molecule has 1 atom stereocenters. The summed E-state index contributed by atoms with van der Waals surface area (Å²) in [5.74, 6) is 1.40. The zero-order chi connectivity index (χ0) is 17.4. The zero-order valence-electron chi connectivity index (χ0n) is 14.3. The van der Waals surface area contributed by atoms with Crippen LogP contribution in [0.1, 0.15) is 53.5 Å². The normalized spacial score (nSPS) is 18.0. The van der Waals surface area contributed by atoms with E-state index in [9.17, 15) is 4.79 Å². The second-order valence-corrected chi connectivity index (χ2v) is 6.39. The highest BCUT2D eigenvalue weighted by atomic mass is 16.5. The predicted octanol–water partition coefficient (Wildman–Crippen LogP) is 2.00. The molecule has 0 aromatic carbocycles. The van der Waals surface area contributed by atoms with E-state index in [2.05, 4.69) is 20.2 Å². The molecule has 0 aliphatic carbocycles. The first-order valence-electron chi connectivity index (χ1n) is 8.58. The zero-order valence-corrected chi connectivity index (χ0v) is 14.3. The van der Waals surface area contributed by atoms with Gasteiger partial charge in [-0.2, -0.15) is 10.1 Å². The number of rotatable bonds is 3. The highest BCUT2D eigenvalue weighted by Gasteiger charge is 2.30. The number of fused-ring (bicyclic) bond motifs is 1. The minimum absolute atomic E-state index is 0.0444. The Morgan fingerprint density at radius 2 is 2.28 bits per heavy atom. The number of nitrogens with zero attached hydrogens (tertiary/aromatic N) is 6. The van der Waals surface area contributed by atoms with Crippen molar-refractivity contribution in [1.29, 1.82) is 0 Å². The number of carbonyl (C=O) groups excluding carboxylic acids is 1. The van der Waals surface area contributed by atoms with Crippen LogP contribution in [-0.4, -0.2) is 48.6 Å². The minimum Gasteiger partial charge on any atom is -0.339 e. The molecule has 3 aromatic rings. The van der Waals surface area contributed by atoms with Gasteiger partial charge in [-0.3, -0.25) is 4.79 Å². The number of amides is 1. The van der Waals surface area contributed by atoms with Crippen LogP contribution in [0.2, 0.25) is 0 Å². The van der Waals surface area contributed by atoms with Crippen LogP contribution < -0.4 is 0 Å². The van der Waals surface area contributed by atoms with Crippen molar-refractivity contribution in [3.8, 4) is 0 Å². The van der Waals surface area contributed by atoms with Gasteiger partial charge in [-0.25, -0.2) is 9.50 Å². The summed E-state index contributed by atoms with van der Waals surface area (Å²) in [5.41, 5.74) is 1.99. The third kappa shape index (κ3) is 2.88. The highest BCUT2D eigenvalue weighted by Crippen LogP contribution is 2.26. The van der Waals surface area contributed by atoms with Gasteiger partial charge in [0.2, 0.25) is 5.89 Å². The third-order valence-electron chi connectivity index (χ3n) is 4.60. The average molecular weight is 340 g/mol. The smallest absolute Gasteiger partial charge is 0.259 e. The van der Waals surface area contributed by atoms with E-state index in [0.29, 0.717) is 29.5 Å². The Labute approximate surface area is 144 Å². The molecule has 0 bridgehead atoms. The largest absolute Gasteiger partial charge is 0.339 e. The highest BCUT2D eigenvalue weighted by molar-refractivity contribution is 5.99. The number of hydrogen-bond acceptors (Lipinski definition) is 6. The first kappa shape index (κ1) is 15.7. The molecule has 0 radical (unpaired) electrons. The topological polar surface area (TPSA) is 89.4 Å². The Balaban J connectivity index is 1.57. The van der Waals surface area contributed by atoms with Gasteiger partial charge >= 0.3 is 0 Å². The number of hydrogen-bond donors (Lipinski definition) is 0. The lowest BCUT2D eigenvalue weighted by molar-refractivity contribution is 0.0705. The maximum atomic E-state index is 13.0. The summed E-state index contributed by atoms with van der Waals surface area (Å²) in [4.78, 5) is 23.7. The van der Waals surface area contributed by atoms with Crippen molar-refractivity contribution in [3.05, 3.63) is 41.4 Å². The first-order valence-corrected chi connectivity index (χ1v) is 8.58. The lowest BCUT2D eigenvalue weighted by atomic mass is 9.97. The van der Waals surface area contributed by atoms with Gasteiger partial charge in [-0.15, -0.1) is 0 Å². The molecule has 0 N–H and O–H groups in total. The number of piperidine rings is 1. The fraction of sp³-hybridized carbons (Fsp3) is 0.471. The molecule has 1 aliphatic rings. The van der Waals surface area contributed by atoms with Crippen LogP contribution in [0.4, 0.5) is 0 Å². The Kier molecular flexibility index (Phi) is 3.95. The summed E-state index contributed by atoms with van der Waals surface area (Å²) in [6.45, 7) is 5.19. The molecule has 130 valence electrons. The Morgan fingerprint density at radius 3 is 3.08 bits per heavy atom. The van der Waals surface area contributed by atoms with Crippen LogP contribution in [-0.2, 0) is 6.42 Å². The van der Waals surface area contributed by atoms with Crippen LogP contribution in [0.15, 0.2) is 23.0 Å². The molecule has 0 spiro atoms. The molecule has 8 nitrogen and oxygen atoms in total. The molecule has 1 saturated heterocycles. The van der Waals surface area contributed by atoms with Crippen LogP contribution in [0.3, 0.4) is 0 Å². The number of aryl methyl sites for hydroxylation is 2. The quantitative estimate of drug-likeness (QED) is 0.724. The average Bonchev–Trinajstić information content (AvgIpc) is 3.28. The van der Waals surface area contributed by atoms with Crippen molar-refractivity contribution in [3.63, 3.8) is 0 Å². The van der Waals surface area contributed by atoms with Gasteiger partial charge in [0.25, 0.3) is 5.91 Å². The SMILES string of the molecule is CCc1nc(C2CCCN(C(=O)c3cnn4ccc(C)nc34)C2)no1. The molecule has 0 saturated carbocycles. The van der Waals surface area contributed by atoms with E-state index in [4.69, 9.17) is 4.52 Å². The summed E-state index contributed by atoms with van der Waals surface area (Å²) >= 11 is 0. The number of aromatic nitrogens is 5. The Hall–Kier alpha value is -2.77. The van der Waals surface area contributed by atoms with Gasteiger partial charge in [0, 0.05) is 37.3 Å². The van der Waals surface area contributed by atoms with Crippen molar-refractivity contribution < 1.29 is 9.32 Å². The van der Waals surface area contributed by atoms with Crippen molar-refractivity contribution in [1.82, 2.24) is 29.6 Å². The maximum Gasteiger partial charge on any atom is 0.259 e. The Bertz CT molecular complexity index is 915. The molecule has 8 heteroatoms. The Morgan fingerprint density at radius 1 is 1.40 bits per heavy atom. The lowest BCUT2D eigenvalue weighted by Crippen LogP contribution is -2.39.